The van der Waals surface area contributed by atoms with Crippen molar-refractivity contribution in [2.75, 3.05) is 17.2 Å². The van der Waals surface area contributed by atoms with Gasteiger partial charge in [0.2, 0.25) is 5.95 Å². The molecule has 1 aromatic heterocycles. The van der Waals surface area contributed by atoms with Crippen LogP contribution < -0.4 is 16.4 Å². The Bertz CT molecular complexity index is 513. The number of nitrogens with one attached hydrogen (secondary N) is 2. The van der Waals surface area contributed by atoms with Gasteiger partial charge in [0.25, 0.3) is 5.91 Å². The first kappa shape index (κ1) is 16.5. The van der Waals surface area contributed by atoms with Crippen LogP contribution in [0.5, 0.6) is 0 Å². The zero-order valence-electron chi connectivity index (χ0n) is 13.2. The first-order chi connectivity index (χ1) is 10.5. The quantitative estimate of drug-likeness (QED) is 0.631. The molecule has 7 heteroatoms. The molecule has 1 amide bonds. The van der Waals surface area contributed by atoms with E-state index < -0.39 is 5.91 Å². The highest BCUT2D eigenvalue weighted by atomic mass is 16.3. The Morgan fingerprint density at radius 2 is 2.09 bits per heavy atom. The van der Waals surface area contributed by atoms with E-state index in [4.69, 9.17) is 5.73 Å². The molecule has 2 rings (SSSR count). The van der Waals surface area contributed by atoms with Crippen LogP contribution in [0, 0.1) is 5.92 Å². The minimum atomic E-state index is -0.543. The molecule has 5 N–H and O–H groups in total. The largest absolute Gasteiger partial charge is 0.396 e. The highest BCUT2D eigenvalue weighted by Gasteiger charge is 2.21. The minimum absolute atomic E-state index is 0.140. The van der Waals surface area contributed by atoms with Crippen molar-refractivity contribution in [3.05, 3.63) is 11.8 Å². The lowest BCUT2D eigenvalue weighted by molar-refractivity contribution is 0.100. The van der Waals surface area contributed by atoms with Gasteiger partial charge in [-0.3, -0.25) is 4.79 Å². The number of amides is 1. The maximum absolute atomic E-state index is 11.4. The average Bonchev–Trinajstić information content (AvgIpc) is 2.47. The van der Waals surface area contributed by atoms with Gasteiger partial charge in [-0.25, -0.2) is 4.98 Å². The molecule has 0 unspecified atom stereocenters. The maximum atomic E-state index is 11.4. The van der Waals surface area contributed by atoms with E-state index in [1.165, 1.54) is 6.20 Å². The van der Waals surface area contributed by atoms with Crippen LogP contribution in [0.15, 0.2) is 6.20 Å². The van der Waals surface area contributed by atoms with Crippen molar-refractivity contribution in [2.24, 2.45) is 11.7 Å². The monoisotopic (exact) mass is 307 g/mol. The van der Waals surface area contributed by atoms with Crippen LogP contribution in [0.3, 0.4) is 0 Å². The van der Waals surface area contributed by atoms with Gasteiger partial charge in [-0.05, 0) is 45.4 Å². The number of hydrogen-bond acceptors (Lipinski definition) is 6. The van der Waals surface area contributed by atoms with Gasteiger partial charge in [0, 0.05) is 24.9 Å². The molecule has 0 spiro atoms. The fraction of sp³-hybridized carbons (Fsp3) is 0.667. The Morgan fingerprint density at radius 1 is 1.41 bits per heavy atom. The van der Waals surface area contributed by atoms with Crippen LogP contribution in [0.2, 0.25) is 0 Å². The third-order valence-electron chi connectivity index (χ3n) is 3.92. The van der Waals surface area contributed by atoms with Crippen LogP contribution in [0.4, 0.5) is 11.8 Å². The summed E-state index contributed by atoms with van der Waals surface area (Å²) < 4.78 is 0. The molecule has 22 heavy (non-hydrogen) atoms. The molecule has 1 heterocycles. The third kappa shape index (κ3) is 4.30. The molecule has 0 atom stereocenters. The lowest BCUT2D eigenvalue weighted by atomic mass is 9.87. The molecule has 0 bridgehead atoms. The predicted octanol–water partition coefficient (Wildman–Crippen LogP) is 1.36. The molecule has 1 aromatic rings. The summed E-state index contributed by atoms with van der Waals surface area (Å²) in [5.74, 6) is 0.831. The van der Waals surface area contributed by atoms with E-state index in [1.54, 1.807) is 0 Å². The van der Waals surface area contributed by atoms with Gasteiger partial charge in [-0.1, -0.05) is 0 Å². The van der Waals surface area contributed by atoms with Crippen molar-refractivity contribution in [2.45, 2.75) is 51.6 Å². The minimum Gasteiger partial charge on any atom is -0.396 e. The van der Waals surface area contributed by atoms with E-state index in [9.17, 15) is 9.90 Å². The molecule has 7 nitrogen and oxygen atoms in total. The number of nitrogens with two attached hydrogens (primary N) is 1. The van der Waals surface area contributed by atoms with Crippen LogP contribution in [0.1, 0.15) is 49.9 Å². The van der Waals surface area contributed by atoms with Crippen molar-refractivity contribution in [3.63, 3.8) is 0 Å². The molecule has 0 radical (unpaired) electrons. The second-order valence-electron chi connectivity index (χ2n) is 6.16. The van der Waals surface area contributed by atoms with Crippen molar-refractivity contribution in [3.8, 4) is 0 Å². The highest BCUT2D eigenvalue weighted by molar-refractivity contribution is 5.97. The number of anilines is 2. The number of carbonyl (C=O) groups is 1. The van der Waals surface area contributed by atoms with Gasteiger partial charge in [-0.15, -0.1) is 0 Å². The molecular formula is C15H25N5O2. The van der Waals surface area contributed by atoms with E-state index in [0.29, 0.717) is 29.3 Å². The zero-order valence-corrected chi connectivity index (χ0v) is 13.2. The first-order valence-electron chi connectivity index (χ1n) is 7.80. The first-order valence-corrected chi connectivity index (χ1v) is 7.80. The number of aliphatic hydroxyl groups excluding tert-OH is 1. The summed E-state index contributed by atoms with van der Waals surface area (Å²) in [6, 6.07) is 0.440. The summed E-state index contributed by atoms with van der Waals surface area (Å²) >= 11 is 0. The Morgan fingerprint density at radius 3 is 2.64 bits per heavy atom. The molecule has 1 saturated carbocycles. The van der Waals surface area contributed by atoms with Gasteiger partial charge in [0.15, 0.2) is 0 Å². The summed E-state index contributed by atoms with van der Waals surface area (Å²) in [7, 11) is 0. The van der Waals surface area contributed by atoms with Gasteiger partial charge >= 0.3 is 0 Å². The van der Waals surface area contributed by atoms with Gasteiger partial charge in [0.1, 0.15) is 5.82 Å². The number of aromatic nitrogens is 2. The summed E-state index contributed by atoms with van der Waals surface area (Å²) in [5, 5.41) is 15.6. The smallest absolute Gasteiger partial charge is 0.254 e. The Labute approximate surface area is 130 Å². The number of aliphatic hydroxyl groups is 1. The van der Waals surface area contributed by atoms with E-state index in [1.807, 2.05) is 13.8 Å². The lowest BCUT2D eigenvalue weighted by Gasteiger charge is -2.28. The lowest BCUT2D eigenvalue weighted by Crippen LogP contribution is -2.28. The van der Waals surface area contributed by atoms with Crippen LogP contribution in [-0.2, 0) is 0 Å². The number of carbonyl (C=O) groups excluding carboxylic acids is 1. The van der Waals surface area contributed by atoms with Crippen LogP contribution in [0.25, 0.3) is 0 Å². The summed E-state index contributed by atoms with van der Waals surface area (Å²) in [6.45, 7) is 4.20. The van der Waals surface area contributed by atoms with E-state index in [0.717, 1.165) is 25.7 Å². The third-order valence-corrected chi connectivity index (χ3v) is 3.92. The summed E-state index contributed by atoms with van der Waals surface area (Å²) in [4.78, 5) is 20.0. The molecule has 0 saturated heterocycles. The Hall–Kier alpha value is -1.89. The highest BCUT2D eigenvalue weighted by Crippen LogP contribution is 2.26. The normalized spacial score (nSPS) is 21.6. The molecule has 122 valence electrons. The van der Waals surface area contributed by atoms with E-state index >= 15 is 0 Å². The number of primary amides is 1. The van der Waals surface area contributed by atoms with Gasteiger partial charge in [-0.2, -0.15) is 4.98 Å². The van der Waals surface area contributed by atoms with E-state index in [2.05, 4.69) is 20.6 Å². The molecular weight excluding hydrogens is 282 g/mol. The van der Waals surface area contributed by atoms with Crippen molar-refractivity contribution >= 4 is 17.7 Å². The Balaban J connectivity index is 2.07. The number of rotatable bonds is 6. The molecule has 0 aliphatic heterocycles. The van der Waals surface area contributed by atoms with Crippen LogP contribution in [-0.4, -0.2) is 39.7 Å². The molecule has 1 aliphatic rings. The molecule has 0 aromatic carbocycles. The van der Waals surface area contributed by atoms with Gasteiger partial charge < -0.3 is 21.5 Å². The van der Waals surface area contributed by atoms with Gasteiger partial charge in [0.05, 0.1) is 5.56 Å². The van der Waals surface area contributed by atoms with Crippen molar-refractivity contribution < 1.29 is 9.90 Å². The van der Waals surface area contributed by atoms with Crippen molar-refractivity contribution in [1.82, 2.24) is 9.97 Å². The number of nitrogens with zero attached hydrogens (tertiary/aromatic N) is 2. The van der Waals surface area contributed by atoms with E-state index in [-0.39, 0.29) is 12.6 Å². The molecule has 1 fully saturated rings. The summed E-state index contributed by atoms with van der Waals surface area (Å²) in [6.07, 6.45) is 5.44. The van der Waals surface area contributed by atoms with Crippen molar-refractivity contribution in [1.29, 1.82) is 0 Å². The van der Waals surface area contributed by atoms with Crippen LogP contribution >= 0.6 is 0 Å². The number of hydrogen-bond donors (Lipinski definition) is 4. The molecule has 1 aliphatic carbocycles. The Kier molecular flexibility index (Phi) is 5.54. The summed E-state index contributed by atoms with van der Waals surface area (Å²) in [5.41, 5.74) is 5.65. The fourth-order valence-electron chi connectivity index (χ4n) is 2.69. The maximum Gasteiger partial charge on any atom is 0.254 e. The average molecular weight is 307 g/mol. The standard InChI is InChI=1S/C15H25N5O2/c1-9(2)18-14-12(13(16)22)7-17-15(20-14)19-11-5-3-10(8-21)4-6-11/h7,9-11,21H,3-6,8H2,1-2H3,(H2,16,22)(H2,17,18,19,20)/t10-,11-. The predicted molar refractivity (Wildman–Crippen MR) is 85.8 cm³/mol. The SMILES string of the molecule is CC(C)Nc1nc(N[C@H]2CC[C@H](CO)CC2)ncc1C(N)=O. The second-order valence-corrected chi connectivity index (χ2v) is 6.16. The topological polar surface area (TPSA) is 113 Å². The zero-order chi connectivity index (χ0) is 16.1. The fourth-order valence-corrected chi connectivity index (χ4v) is 2.69. The second kappa shape index (κ2) is 7.40.